The summed E-state index contributed by atoms with van der Waals surface area (Å²) in [5.41, 5.74) is 8.98. The second-order valence-electron chi connectivity index (χ2n) is 5.65. The molecule has 1 amide bonds. The minimum Gasteiger partial charge on any atom is -0.494 e. The molecule has 0 aliphatic carbocycles. The predicted octanol–water partition coefficient (Wildman–Crippen LogP) is 4.06. The summed E-state index contributed by atoms with van der Waals surface area (Å²) in [4.78, 5) is 11.7. The lowest BCUT2D eigenvalue weighted by atomic mass is 9.94. The van der Waals surface area contributed by atoms with Gasteiger partial charge in [0, 0.05) is 23.7 Å². The lowest BCUT2D eigenvalue weighted by molar-refractivity contribution is -0.114. The van der Waals surface area contributed by atoms with Gasteiger partial charge in [-0.1, -0.05) is 30.3 Å². The second kappa shape index (κ2) is 6.73. The van der Waals surface area contributed by atoms with Crippen molar-refractivity contribution in [2.24, 2.45) is 0 Å². The number of anilines is 2. The van der Waals surface area contributed by atoms with E-state index in [2.05, 4.69) is 5.32 Å². The fourth-order valence-corrected chi connectivity index (χ4v) is 3.03. The average molecular weight is 336 g/mol. The number of rotatable bonds is 4. The highest BCUT2D eigenvalue weighted by Crippen LogP contribution is 2.45. The molecule has 0 aromatic heterocycles. The van der Waals surface area contributed by atoms with E-state index in [1.54, 1.807) is 20.3 Å². The average Bonchev–Trinajstić information content (AvgIpc) is 2.61. The Hall–Kier alpha value is -3.21. The number of nitrogens with two attached hydrogens (primary N) is 1. The maximum absolute atomic E-state index is 11.7. The first-order chi connectivity index (χ1) is 12.1. The predicted molar refractivity (Wildman–Crippen MR) is 101 cm³/mol. The number of amides is 1. The molecule has 0 saturated carbocycles. The van der Waals surface area contributed by atoms with Crippen LogP contribution in [-0.4, -0.2) is 20.1 Å². The van der Waals surface area contributed by atoms with Crippen molar-refractivity contribution in [1.82, 2.24) is 0 Å². The SMILES string of the molecule is COc1ccc(-c2c(NC(C)=O)ccc3ccccc23)c(OC)c1N. The molecule has 3 rings (SSSR count). The summed E-state index contributed by atoms with van der Waals surface area (Å²) >= 11 is 0. The highest BCUT2D eigenvalue weighted by Gasteiger charge is 2.19. The molecule has 0 bridgehead atoms. The Morgan fingerprint density at radius 3 is 2.44 bits per heavy atom. The minimum atomic E-state index is -0.142. The zero-order chi connectivity index (χ0) is 18.0. The Bertz CT molecular complexity index is 951. The minimum absolute atomic E-state index is 0.142. The number of hydrogen-bond acceptors (Lipinski definition) is 4. The first kappa shape index (κ1) is 16.6. The standard InChI is InChI=1S/C20H20N2O3/c1-12(23)22-16-10-8-13-6-4-5-7-14(13)18(16)15-9-11-17(24-2)19(21)20(15)25-3/h4-11H,21H2,1-3H3,(H,22,23). The van der Waals surface area contributed by atoms with Gasteiger partial charge in [0.1, 0.15) is 11.4 Å². The third kappa shape index (κ3) is 2.96. The summed E-state index contributed by atoms with van der Waals surface area (Å²) in [5, 5.41) is 4.95. The zero-order valence-corrected chi connectivity index (χ0v) is 14.4. The van der Waals surface area contributed by atoms with Crippen molar-refractivity contribution in [3.05, 3.63) is 48.5 Å². The lowest BCUT2D eigenvalue weighted by Gasteiger charge is -2.18. The van der Waals surface area contributed by atoms with Gasteiger partial charge < -0.3 is 20.5 Å². The maximum Gasteiger partial charge on any atom is 0.221 e. The van der Waals surface area contributed by atoms with Crippen LogP contribution in [0.15, 0.2) is 48.5 Å². The maximum atomic E-state index is 11.7. The normalized spacial score (nSPS) is 10.5. The van der Waals surface area contributed by atoms with E-state index in [1.165, 1.54) is 6.92 Å². The van der Waals surface area contributed by atoms with Crippen molar-refractivity contribution < 1.29 is 14.3 Å². The van der Waals surface area contributed by atoms with Crippen LogP contribution < -0.4 is 20.5 Å². The molecular formula is C20H20N2O3. The monoisotopic (exact) mass is 336 g/mol. The molecule has 3 N–H and O–H groups in total. The Morgan fingerprint density at radius 2 is 1.76 bits per heavy atom. The summed E-state index contributed by atoms with van der Waals surface area (Å²) in [6.07, 6.45) is 0. The van der Waals surface area contributed by atoms with Gasteiger partial charge in [0.25, 0.3) is 0 Å². The molecule has 0 unspecified atom stereocenters. The largest absolute Gasteiger partial charge is 0.494 e. The molecule has 0 atom stereocenters. The summed E-state index contributed by atoms with van der Waals surface area (Å²) in [6, 6.07) is 15.5. The Morgan fingerprint density at radius 1 is 1.00 bits per heavy atom. The molecule has 5 heteroatoms. The van der Waals surface area contributed by atoms with Crippen molar-refractivity contribution in [2.75, 3.05) is 25.3 Å². The molecule has 0 aliphatic rings. The number of benzene rings is 3. The van der Waals surface area contributed by atoms with E-state index in [0.29, 0.717) is 22.9 Å². The zero-order valence-electron chi connectivity index (χ0n) is 14.4. The number of methoxy groups -OCH3 is 2. The van der Waals surface area contributed by atoms with Crippen LogP contribution in [-0.2, 0) is 4.79 Å². The van der Waals surface area contributed by atoms with Crippen molar-refractivity contribution in [3.63, 3.8) is 0 Å². The van der Waals surface area contributed by atoms with E-state index in [1.807, 2.05) is 42.5 Å². The van der Waals surface area contributed by atoms with Gasteiger partial charge in [-0.25, -0.2) is 0 Å². The molecule has 3 aromatic rings. The van der Waals surface area contributed by atoms with E-state index in [0.717, 1.165) is 21.9 Å². The van der Waals surface area contributed by atoms with Crippen LogP contribution in [0.2, 0.25) is 0 Å². The van der Waals surface area contributed by atoms with Gasteiger partial charge >= 0.3 is 0 Å². The summed E-state index contributed by atoms with van der Waals surface area (Å²) < 4.78 is 10.9. The van der Waals surface area contributed by atoms with E-state index in [-0.39, 0.29) is 5.91 Å². The van der Waals surface area contributed by atoms with Crippen LogP contribution >= 0.6 is 0 Å². The number of nitrogens with one attached hydrogen (secondary N) is 1. The molecule has 0 radical (unpaired) electrons. The fraction of sp³-hybridized carbons (Fsp3) is 0.150. The van der Waals surface area contributed by atoms with Gasteiger partial charge in [-0.05, 0) is 29.0 Å². The molecular weight excluding hydrogens is 316 g/mol. The highest BCUT2D eigenvalue weighted by molar-refractivity contribution is 6.08. The molecule has 0 heterocycles. The molecule has 0 spiro atoms. The van der Waals surface area contributed by atoms with Crippen molar-refractivity contribution in [1.29, 1.82) is 0 Å². The van der Waals surface area contributed by atoms with Crippen LogP contribution in [0.5, 0.6) is 11.5 Å². The third-order valence-corrected chi connectivity index (χ3v) is 4.09. The van der Waals surface area contributed by atoms with Crippen molar-refractivity contribution in [3.8, 4) is 22.6 Å². The van der Waals surface area contributed by atoms with Gasteiger partial charge in [0.2, 0.25) is 5.91 Å². The van der Waals surface area contributed by atoms with Crippen LogP contribution in [0, 0.1) is 0 Å². The quantitative estimate of drug-likeness (QED) is 0.705. The van der Waals surface area contributed by atoms with Crippen molar-refractivity contribution >= 4 is 28.1 Å². The molecule has 0 fully saturated rings. The summed E-state index contributed by atoms with van der Waals surface area (Å²) in [7, 11) is 3.13. The smallest absolute Gasteiger partial charge is 0.221 e. The van der Waals surface area contributed by atoms with Gasteiger partial charge in [0.05, 0.1) is 14.2 Å². The van der Waals surface area contributed by atoms with E-state index < -0.39 is 0 Å². The second-order valence-corrected chi connectivity index (χ2v) is 5.65. The number of fused-ring (bicyclic) bond motifs is 1. The Kier molecular flexibility index (Phi) is 4.48. The number of nitrogen functional groups attached to an aromatic ring is 1. The Labute approximate surface area is 146 Å². The van der Waals surface area contributed by atoms with E-state index >= 15 is 0 Å². The van der Waals surface area contributed by atoms with Gasteiger partial charge in [0.15, 0.2) is 5.75 Å². The molecule has 0 aliphatic heterocycles. The third-order valence-electron chi connectivity index (χ3n) is 4.09. The number of carbonyl (C=O) groups excluding carboxylic acids is 1. The molecule has 3 aromatic carbocycles. The lowest BCUT2D eigenvalue weighted by Crippen LogP contribution is -2.08. The summed E-state index contributed by atoms with van der Waals surface area (Å²) in [6.45, 7) is 1.48. The topological polar surface area (TPSA) is 73.6 Å². The molecule has 128 valence electrons. The summed E-state index contributed by atoms with van der Waals surface area (Å²) in [5.74, 6) is 0.918. The van der Waals surface area contributed by atoms with Gasteiger partial charge in [-0.3, -0.25) is 4.79 Å². The molecule has 25 heavy (non-hydrogen) atoms. The van der Waals surface area contributed by atoms with E-state index in [9.17, 15) is 4.79 Å². The van der Waals surface area contributed by atoms with Crippen LogP contribution in [0.1, 0.15) is 6.92 Å². The first-order valence-electron chi connectivity index (χ1n) is 7.87. The fourth-order valence-electron chi connectivity index (χ4n) is 3.03. The van der Waals surface area contributed by atoms with Gasteiger partial charge in [-0.15, -0.1) is 0 Å². The van der Waals surface area contributed by atoms with Crippen LogP contribution in [0.4, 0.5) is 11.4 Å². The van der Waals surface area contributed by atoms with Gasteiger partial charge in [-0.2, -0.15) is 0 Å². The highest BCUT2D eigenvalue weighted by atomic mass is 16.5. The number of carbonyl (C=O) groups is 1. The molecule has 5 nitrogen and oxygen atoms in total. The first-order valence-corrected chi connectivity index (χ1v) is 7.87. The van der Waals surface area contributed by atoms with Crippen molar-refractivity contribution in [2.45, 2.75) is 6.92 Å². The van der Waals surface area contributed by atoms with Crippen LogP contribution in [0.3, 0.4) is 0 Å². The van der Waals surface area contributed by atoms with E-state index in [4.69, 9.17) is 15.2 Å². The number of hydrogen-bond donors (Lipinski definition) is 2. The Balaban J connectivity index is 2.37. The molecule has 0 saturated heterocycles. The van der Waals surface area contributed by atoms with Crippen LogP contribution in [0.25, 0.3) is 21.9 Å². The number of ether oxygens (including phenoxy) is 2.